The number of rotatable bonds is 35. The van der Waals surface area contributed by atoms with Crippen LogP contribution in [-0.4, -0.2) is 173 Å². The molecule has 0 saturated carbocycles. The first-order chi connectivity index (χ1) is 36.4. The fourth-order valence-electron chi connectivity index (χ4n) is 6.31. The lowest BCUT2D eigenvalue weighted by molar-refractivity contribution is -0.197. The van der Waals surface area contributed by atoms with Crippen molar-refractivity contribution in [2.24, 2.45) is 15.0 Å². The Kier molecular flexibility index (Phi) is 52.9. The molecule has 2 fully saturated rings. The molecule has 18 nitrogen and oxygen atoms in total. The van der Waals surface area contributed by atoms with Crippen LogP contribution in [0.15, 0.2) is 15.0 Å². The molecule has 2 atom stereocenters. The normalized spacial score (nSPS) is 14.6. The monoisotopic (exact) mass is 1100 g/mol. The van der Waals surface area contributed by atoms with E-state index in [2.05, 4.69) is 81.8 Å². The molecule has 20 heteroatoms. The van der Waals surface area contributed by atoms with Gasteiger partial charge < -0.3 is 25.1 Å². The van der Waals surface area contributed by atoms with Crippen LogP contribution >= 0.6 is 23.5 Å². The molecule has 76 heavy (non-hydrogen) atoms. The van der Waals surface area contributed by atoms with Crippen LogP contribution in [0.1, 0.15) is 175 Å². The van der Waals surface area contributed by atoms with Gasteiger partial charge in [0.1, 0.15) is 0 Å². The highest BCUT2D eigenvalue weighted by Gasteiger charge is 2.42. The zero-order chi connectivity index (χ0) is 57.8. The average molecular weight is 1100 g/mol. The predicted molar refractivity (Wildman–Crippen MR) is 309 cm³/mol. The molecule has 0 spiro atoms. The number of imide groups is 2. The van der Waals surface area contributed by atoms with Gasteiger partial charge in [0.05, 0.1) is 35.9 Å². The van der Waals surface area contributed by atoms with Crippen LogP contribution in [0.4, 0.5) is 0 Å². The van der Waals surface area contributed by atoms with Crippen LogP contribution in [0.25, 0.3) is 0 Å². The molecule has 2 unspecified atom stereocenters. The van der Waals surface area contributed by atoms with Gasteiger partial charge >= 0.3 is 11.9 Å². The maximum absolute atomic E-state index is 12.1. The molecule has 0 aromatic rings. The standard InChI is InChI=1S/C17H25NO4S.C14H25N3O.C11H19NO3S.C8H17N3.C6H8O2/c1-3-5-7-8-10-12-23-14-13-15(19)18(17(14)21)22-16(20)11-9-6-4-2;1-5-7-8-10-13(18)14(15-6-2)16-11-9-12-17(3)4;1-2-3-4-5-6-7-16-9-8-10(13)12(15)11(9)14;1-4-9-8-10-6-5-7-11(2)3;1-2-3-4-5-6(7)8/h2,14H,3,5-13H2,1H3;1H,6-12H2,2-4H3,(H,15,16);9,15H,2-8H2,1H3;4-7H2,1-3H3;1H,3-5H2,(H,7,8). The van der Waals surface area contributed by atoms with Crippen molar-refractivity contribution in [2.75, 3.05) is 79.0 Å². The lowest BCUT2D eigenvalue weighted by atomic mass is 10.1. The lowest BCUT2D eigenvalue weighted by Gasteiger charge is -2.13. The number of hydrogen-bond donors (Lipinski definition) is 3. The number of aliphatic carboxylic acids is 1. The van der Waals surface area contributed by atoms with E-state index >= 15 is 0 Å². The number of ketones is 1. The van der Waals surface area contributed by atoms with Gasteiger partial charge in [-0.1, -0.05) is 65.2 Å². The molecule has 0 aliphatic carbocycles. The summed E-state index contributed by atoms with van der Waals surface area (Å²) in [5.41, 5.74) is 0. The number of unbranched alkanes of at least 4 members (excludes halogenated alkanes) is 11. The quantitative estimate of drug-likeness (QED) is 0.0135. The number of carbonyl (C=O) groups is 7. The van der Waals surface area contributed by atoms with E-state index < -0.39 is 40.8 Å². The Morgan fingerprint density at radius 1 is 0.658 bits per heavy atom. The first-order valence-corrected chi connectivity index (χ1v) is 29.1. The summed E-state index contributed by atoms with van der Waals surface area (Å²) in [7, 11) is 8.17. The van der Waals surface area contributed by atoms with Crippen LogP contribution in [0.2, 0.25) is 0 Å². The molecule has 0 bridgehead atoms. The van der Waals surface area contributed by atoms with E-state index in [1.807, 2.05) is 27.9 Å². The number of terminal acetylenes is 3. The number of Topliss-reactive ketones (excluding diaryl/α,β-unsaturated/α-hetero) is 1. The Morgan fingerprint density at radius 3 is 1.61 bits per heavy atom. The highest BCUT2D eigenvalue weighted by molar-refractivity contribution is 8.00. The molecular weight excluding hydrogens is 1010 g/mol. The van der Waals surface area contributed by atoms with Gasteiger partial charge in [-0.3, -0.25) is 39.0 Å². The van der Waals surface area contributed by atoms with Crippen molar-refractivity contribution in [3.8, 4) is 37.0 Å². The fourth-order valence-corrected chi connectivity index (χ4v) is 8.62. The summed E-state index contributed by atoms with van der Waals surface area (Å²) in [5.74, 6) is 6.47. The Hall–Kier alpha value is -5.00. The van der Waals surface area contributed by atoms with Crippen LogP contribution < -0.4 is 5.32 Å². The third kappa shape index (κ3) is 45.2. The minimum Gasteiger partial charge on any atom is -0.481 e. The van der Waals surface area contributed by atoms with Crippen molar-refractivity contribution in [1.82, 2.24) is 25.2 Å². The van der Waals surface area contributed by atoms with Crippen molar-refractivity contribution in [2.45, 2.75) is 186 Å². The molecule has 4 amide bonds. The second kappa shape index (κ2) is 53.4. The molecule has 0 aromatic heterocycles. The molecule has 0 radical (unpaired) electrons. The molecule has 2 heterocycles. The first kappa shape index (κ1) is 75.2. The number of aliphatic imine (C=N–C) groups is 3. The van der Waals surface area contributed by atoms with Crippen LogP contribution in [0.3, 0.4) is 0 Å². The molecule has 430 valence electrons. The summed E-state index contributed by atoms with van der Waals surface area (Å²) in [4.78, 5) is 101. The average Bonchev–Trinajstić information content (AvgIpc) is 3.79. The number of hydroxylamine groups is 4. The van der Waals surface area contributed by atoms with E-state index in [4.69, 9.17) is 34.4 Å². The number of carboxylic acids is 1. The number of hydrogen-bond acceptors (Lipinski definition) is 16. The van der Waals surface area contributed by atoms with E-state index in [-0.39, 0.29) is 41.8 Å². The molecule has 3 N–H and O–H groups in total. The largest absolute Gasteiger partial charge is 0.481 e. The number of nitrogens with zero attached hydrogens (tertiary/aromatic N) is 7. The number of carboxylic acid groups (broad SMARTS) is 1. The Morgan fingerprint density at radius 2 is 1.14 bits per heavy atom. The molecule has 0 aromatic carbocycles. The van der Waals surface area contributed by atoms with Gasteiger partial charge in [0.15, 0.2) is 11.6 Å². The van der Waals surface area contributed by atoms with Crippen molar-refractivity contribution in [3.05, 3.63) is 0 Å². The van der Waals surface area contributed by atoms with Crippen molar-refractivity contribution < 1.29 is 48.7 Å². The summed E-state index contributed by atoms with van der Waals surface area (Å²) >= 11 is 2.96. The predicted octanol–water partition coefficient (Wildman–Crippen LogP) is 8.61. The first-order valence-electron chi connectivity index (χ1n) is 27.0. The molecule has 2 rings (SSSR count). The number of likely N-dealkylation sites (N-methyl/N-ethyl adjacent to an activating group) is 1. The van der Waals surface area contributed by atoms with Gasteiger partial charge in [0.2, 0.25) is 0 Å². The minimum atomic E-state index is -0.778. The second-order valence-corrected chi connectivity index (χ2v) is 20.6. The SMILES string of the molecule is C#CCCCC(=O)C(=NCCCN(C)C)NCC.C#CCCCC(=O)O.C#CCCCC(=O)ON1C(=O)CC(SCCCCCCC)C1=O.CCCCCCCSC1CC(=O)N(O)C1=O.CCN=C=NCCCN(C)C. The number of amidine groups is 1. The lowest BCUT2D eigenvalue weighted by Crippen LogP contribution is -2.34. The van der Waals surface area contributed by atoms with E-state index in [1.165, 1.54) is 68.5 Å². The Labute approximate surface area is 465 Å². The van der Waals surface area contributed by atoms with Crippen LogP contribution in [0.5, 0.6) is 0 Å². The topological polar surface area (TPSA) is 231 Å². The van der Waals surface area contributed by atoms with E-state index in [9.17, 15) is 33.6 Å². The van der Waals surface area contributed by atoms with Gasteiger partial charge in [-0.25, -0.2) is 14.8 Å². The Bertz CT molecular complexity index is 1850. The molecule has 2 aliphatic heterocycles. The summed E-state index contributed by atoms with van der Waals surface area (Å²) in [6.07, 6.45) is 33.5. The van der Waals surface area contributed by atoms with E-state index in [1.54, 1.807) is 0 Å². The Balaban J connectivity index is -0.000000913. The molecule has 2 saturated heterocycles. The van der Waals surface area contributed by atoms with E-state index in [0.29, 0.717) is 62.5 Å². The van der Waals surface area contributed by atoms with Gasteiger partial charge in [-0.2, -0.15) is 5.06 Å². The zero-order valence-corrected chi connectivity index (χ0v) is 49.0. The van der Waals surface area contributed by atoms with Crippen molar-refractivity contribution >= 4 is 76.7 Å². The zero-order valence-electron chi connectivity index (χ0n) is 47.4. The summed E-state index contributed by atoms with van der Waals surface area (Å²) in [6.45, 7) is 13.3. The third-order valence-corrected chi connectivity index (χ3v) is 13.0. The van der Waals surface area contributed by atoms with Crippen LogP contribution in [0, 0.1) is 37.0 Å². The second-order valence-electron chi connectivity index (χ2n) is 18.0. The van der Waals surface area contributed by atoms with Gasteiger partial charge in [-0.05, 0) is 112 Å². The van der Waals surface area contributed by atoms with Gasteiger partial charge in [-0.15, -0.1) is 65.6 Å². The van der Waals surface area contributed by atoms with Gasteiger partial charge in [0, 0.05) is 58.2 Å². The van der Waals surface area contributed by atoms with Crippen LogP contribution in [-0.2, 0) is 38.4 Å². The number of carbonyl (C=O) groups excluding carboxylic acids is 6. The van der Waals surface area contributed by atoms with Crippen molar-refractivity contribution in [3.63, 3.8) is 0 Å². The minimum absolute atomic E-state index is 0.0666. The summed E-state index contributed by atoms with van der Waals surface area (Å²) in [5, 5.41) is 20.2. The maximum Gasteiger partial charge on any atom is 0.333 e. The highest BCUT2D eigenvalue weighted by atomic mass is 32.2. The molecular formula is C56H94N8O10S2. The fraction of sp³-hybridized carbons (Fsp3) is 0.732. The summed E-state index contributed by atoms with van der Waals surface area (Å²) < 4.78 is 0. The molecule has 2 aliphatic rings. The van der Waals surface area contributed by atoms with Gasteiger partial charge in [0.25, 0.3) is 23.6 Å². The highest BCUT2D eigenvalue weighted by Crippen LogP contribution is 2.27. The number of nitrogens with one attached hydrogen (secondary N) is 1. The number of thioether (sulfide) groups is 2. The van der Waals surface area contributed by atoms with Crippen molar-refractivity contribution in [1.29, 1.82) is 0 Å². The maximum atomic E-state index is 12.1. The third-order valence-electron chi connectivity index (χ3n) is 10.4. The summed E-state index contributed by atoms with van der Waals surface area (Å²) in [6, 6.07) is 2.64. The smallest absolute Gasteiger partial charge is 0.333 e. The van der Waals surface area contributed by atoms with E-state index in [0.717, 1.165) is 76.2 Å². The number of amides is 4.